The van der Waals surface area contributed by atoms with Crippen LogP contribution < -0.4 is 4.90 Å². The molecule has 0 bridgehead atoms. The first kappa shape index (κ1) is 18.6. The molecule has 0 aromatic heterocycles. The standard InChI is InChI=1S/C20H28BNO2/c1-19(2)20(3,4)24-21(23-19)16-10-8-7-9-11-17-12-14-18(15-13-17)22(5)6/h7-16H,1-6H3/b8-7+,11-9+,16-10+. The first-order chi connectivity index (χ1) is 11.2. The molecule has 0 saturated carbocycles. The average Bonchev–Trinajstić information content (AvgIpc) is 2.70. The third kappa shape index (κ3) is 4.62. The molecule has 1 aliphatic heterocycles. The van der Waals surface area contributed by atoms with Gasteiger partial charge in [-0.05, 0) is 45.4 Å². The van der Waals surface area contributed by atoms with Crippen LogP contribution in [0, 0.1) is 0 Å². The lowest BCUT2D eigenvalue weighted by Crippen LogP contribution is -2.41. The van der Waals surface area contributed by atoms with E-state index in [1.165, 1.54) is 11.3 Å². The molecule has 128 valence electrons. The summed E-state index contributed by atoms with van der Waals surface area (Å²) in [6.45, 7) is 8.23. The minimum Gasteiger partial charge on any atom is -0.400 e. The van der Waals surface area contributed by atoms with E-state index in [-0.39, 0.29) is 18.3 Å². The van der Waals surface area contributed by atoms with Crippen LogP contribution in [-0.4, -0.2) is 32.4 Å². The van der Waals surface area contributed by atoms with Gasteiger partial charge in [0.2, 0.25) is 0 Å². The van der Waals surface area contributed by atoms with Gasteiger partial charge < -0.3 is 14.2 Å². The Morgan fingerprint density at radius 2 is 1.38 bits per heavy atom. The molecule has 3 nitrogen and oxygen atoms in total. The van der Waals surface area contributed by atoms with E-state index >= 15 is 0 Å². The molecule has 2 rings (SSSR count). The summed E-state index contributed by atoms with van der Waals surface area (Å²) >= 11 is 0. The van der Waals surface area contributed by atoms with Gasteiger partial charge in [-0.15, -0.1) is 0 Å². The minimum absolute atomic E-state index is 0.287. The molecule has 4 heteroatoms. The topological polar surface area (TPSA) is 21.7 Å². The van der Waals surface area contributed by atoms with Crippen molar-refractivity contribution in [2.24, 2.45) is 0 Å². The molecular weight excluding hydrogens is 297 g/mol. The predicted molar refractivity (Wildman–Crippen MR) is 104 cm³/mol. The third-order valence-electron chi connectivity index (χ3n) is 4.57. The van der Waals surface area contributed by atoms with Gasteiger partial charge in [0.15, 0.2) is 0 Å². The molecule has 0 unspecified atom stereocenters. The fraction of sp³-hybridized carbons (Fsp3) is 0.400. The molecule has 0 atom stereocenters. The molecular formula is C20H28BNO2. The number of hydrogen-bond acceptors (Lipinski definition) is 3. The Morgan fingerprint density at radius 3 is 1.92 bits per heavy atom. The molecule has 0 aliphatic carbocycles. The lowest BCUT2D eigenvalue weighted by Gasteiger charge is -2.32. The van der Waals surface area contributed by atoms with Crippen molar-refractivity contribution in [2.45, 2.75) is 38.9 Å². The molecule has 1 fully saturated rings. The minimum atomic E-state index is -0.290. The van der Waals surface area contributed by atoms with Crippen molar-refractivity contribution in [3.63, 3.8) is 0 Å². The lowest BCUT2D eigenvalue weighted by atomic mass is 9.90. The van der Waals surface area contributed by atoms with E-state index in [1.54, 1.807) is 0 Å². The summed E-state index contributed by atoms with van der Waals surface area (Å²) in [6, 6.07) is 8.45. The Kier molecular flexibility index (Phi) is 5.73. The lowest BCUT2D eigenvalue weighted by molar-refractivity contribution is 0.00578. The van der Waals surface area contributed by atoms with Gasteiger partial charge in [0.05, 0.1) is 11.2 Å². The van der Waals surface area contributed by atoms with Crippen molar-refractivity contribution in [2.75, 3.05) is 19.0 Å². The molecule has 1 aliphatic rings. The molecule has 0 N–H and O–H groups in total. The van der Waals surface area contributed by atoms with Crippen molar-refractivity contribution < 1.29 is 9.31 Å². The Labute approximate surface area is 146 Å². The number of benzene rings is 1. The van der Waals surface area contributed by atoms with Gasteiger partial charge in [-0.25, -0.2) is 0 Å². The monoisotopic (exact) mass is 325 g/mol. The van der Waals surface area contributed by atoms with E-state index in [0.29, 0.717) is 0 Å². The van der Waals surface area contributed by atoms with E-state index in [0.717, 1.165) is 0 Å². The number of allylic oxidation sites excluding steroid dienone is 4. The summed E-state index contributed by atoms with van der Waals surface area (Å²) in [5.74, 6) is 1.94. The average molecular weight is 325 g/mol. The maximum Gasteiger partial charge on any atom is 0.487 e. The number of anilines is 1. The van der Waals surface area contributed by atoms with Crippen LogP contribution in [0.1, 0.15) is 33.3 Å². The summed E-state index contributed by atoms with van der Waals surface area (Å²) in [4.78, 5) is 2.09. The summed E-state index contributed by atoms with van der Waals surface area (Å²) in [7, 11) is 3.79. The van der Waals surface area contributed by atoms with Gasteiger partial charge in [-0.1, -0.05) is 48.5 Å². The second-order valence-corrected chi connectivity index (χ2v) is 7.24. The Hall–Kier alpha value is -1.78. The fourth-order valence-electron chi connectivity index (χ4n) is 2.30. The quantitative estimate of drug-likeness (QED) is 0.587. The number of nitrogens with zero attached hydrogens (tertiary/aromatic N) is 1. The van der Waals surface area contributed by atoms with Crippen molar-refractivity contribution >= 4 is 18.9 Å². The molecule has 0 radical (unpaired) electrons. The van der Waals surface area contributed by atoms with E-state index in [4.69, 9.17) is 9.31 Å². The van der Waals surface area contributed by atoms with Crippen LogP contribution in [0.3, 0.4) is 0 Å². The van der Waals surface area contributed by atoms with Crippen LogP contribution in [0.15, 0.2) is 54.5 Å². The van der Waals surface area contributed by atoms with Gasteiger partial charge in [0, 0.05) is 19.8 Å². The van der Waals surface area contributed by atoms with E-state index in [1.807, 2.05) is 44.4 Å². The van der Waals surface area contributed by atoms with Crippen LogP contribution in [0.5, 0.6) is 0 Å². The van der Waals surface area contributed by atoms with Crippen molar-refractivity contribution in [1.82, 2.24) is 0 Å². The van der Waals surface area contributed by atoms with Gasteiger partial charge in [-0.3, -0.25) is 0 Å². The van der Waals surface area contributed by atoms with Crippen LogP contribution in [0.25, 0.3) is 6.08 Å². The molecule has 0 spiro atoms. The second kappa shape index (κ2) is 7.41. The summed E-state index contributed by atoms with van der Waals surface area (Å²) in [5.41, 5.74) is 1.81. The van der Waals surface area contributed by atoms with Gasteiger partial charge >= 0.3 is 7.12 Å². The van der Waals surface area contributed by atoms with Crippen LogP contribution in [-0.2, 0) is 9.31 Å². The second-order valence-electron chi connectivity index (χ2n) is 7.24. The summed E-state index contributed by atoms with van der Waals surface area (Å²) in [5, 5.41) is 0. The largest absolute Gasteiger partial charge is 0.487 e. The molecule has 24 heavy (non-hydrogen) atoms. The molecule has 0 amide bonds. The molecule has 1 aromatic carbocycles. The SMILES string of the molecule is CN(C)c1ccc(/C=C/C=C/C=C/B2OC(C)(C)C(C)(C)O2)cc1. The Morgan fingerprint density at radius 1 is 0.833 bits per heavy atom. The van der Waals surface area contributed by atoms with Crippen molar-refractivity contribution in [1.29, 1.82) is 0 Å². The highest BCUT2D eigenvalue weighted by atomic mass is 16.7. The number of rotatable bonds is 5. The molecule has 1 aromatic rings. The van der Waals surface area contributed by atoms with Crippen molar-refractivity contribution in [3.05, 3.63) is 60.1 Å². The van der Waals surface area contributed by atoms with E-state index in [2.05, 4.69) is 62.9 Å². The zero-order valence-corrected chi connectivity index (χ0v) is 15.6. The van der Waals surface area contributed by atoms with Gasteiger partial charge in [0.25, 0.3) is 0 Å². The normalized spacial score (nSPS) is 19.8. The van der Waals surface area contributed by atoms with Crippen molar-refractivity contribution in [3.8, 4) is 0 Å². The maximum atomic E-state index is 5.91. The summed E-state index contributed by atoms with van der Waals surface area (Å²) < 4.78 is 11.8. The van der Waals surface area contributed by atoms with Crippen LogP contribution >= 0.6 is 0 Å². The maximum absolute atomic E-state index is 5.91. The Balaban J connectivity index is 1.84. The highest BCUT2D eigenvalue weighted by molar-refractivity contribution is 6.51. The first-order valence-corrected chi connectivity index (χ1v) is 8.36. The zero-order valence-electron chi connectivity index (χ0n) is 15.6. The molecule has 1 heterocycles. The summed E-state index contributed by atoms with van der Waals surface area (Å²) in [6.07, 6.45) is 10.1. The highest BCUT2D eigenvalue weighted by Crippen LogP contribution is 2.36. The fourth-order valence-corrected chi connectivity index (χ4v) is 2.30. The van der Waals surface area contributed by atoms with E-state index < -0.39 is 0 Å². The molecule has 1 saturated heterocycles. The highest BCUT2D eigenvalue weighted by Gasteiger charge is 2.49. The van der Waals surface area contributed by atoms with Crippen LogP contribution in [0.4, 0.5) is 5.69 Å². The van der Waals surface area contributed by atoms with Gasteiger partial charge in [0.1, 0.15) is 0 Å². The predicted octanol–water partition coefficient (Wildman–Crippen LogP) is 4.51. The zero-order chi connectivity index (χ0) is 17.8. The smallest absolute Gasteiger partial charge is 0.400 e. The third-order valence-corrected chi connectivity index (χ3v) is 4.57. The first-order valence-electron chi connectivity index (χ1n) is 8.36. The van der Waals surface area contributed by atoms with Gasteiger partial charge in [-0.2, -0.15) is 0 Å². The van der Waals surface area contributed by atoms with Crippen LogP contribution in [0.2, 0.25) is 0 Å². The van der Waals surface area contributed by atoms with E-state index in [9.17, 15) is 0 Å². The number of hydrogen-bond donors (Lipinski definition) is 0. The Bertz CT molecular complexity index is 612.